The molecule has 32 heavy (non-hydrogen) atoms. The van der Waals surface area contributed by atoms with E-state index in [2.05, 4.69) is 25.6 Å². The Morgan fingerprint density at radius 1 is 0.969 bits per heavy atom. The minimum absolute atomic E-state index is 0.391. The summed E-state index contributed by atoms with van der Waals surface area (Å²) in [6.45, 7) is 0. The number of anilines is 1. The molecule has 1 aliphatic rings. The van der Waals surface area contributed by atoms with Gasteiger partial charge in [0.25, 0.3) is 0 Å². The number of pyridine rings is 1. The SMILES string of the molecule is O=C(Oc1ccc(-c2nc3ccccn3c2NC2CCCCC2)cc1)c1ccccc1Br. The van der Waals surface area contributed by atoms with Gasteiger partial charge in [0, 0.05) is 22.3 Å². The summed E-state index contributed by atoms with van der Waals surface area (Å²) in [6.07, 6.45) is 8.26. The Hall–Kier alpha value is -3.12. The minimum Gasteiger partial charge on any atom is -0.423 e. The van der Waals surface area contributed by atoms with E-state index in [9.17, 15) is 4.79 Å². The predicted molar refractivity (Wildman–Crippen MR) is 130 cm³/mol. The fraction of sp³-hybridized carbons (Fsp3) is 0.231. The van der Waals surface area contributed by atoms with Gasteiger partial charge >= 0.3 is 5.97 Å². The summed E-state index contributed by atoms with van der Waals surface area (Å²) in [5, 5.41) is 3.76. The maximum atomic E-state index is 12.5. The number of aromatic nitrogens is 2. The summed E-state index contributed by atoms with van der Waals surface area (Å²) < 4.78 is 8.40. The number of carbonyl (C=O) groups is 1. The second kappa shape index (κ2) is 9.17. The number of ether oxygens (including phenoxy) is 1. The molecule has 0 bridgehead atoms. The molecule has 0 radical (unpaired) electrons. The molecular formula is C26H24BrN3O2. The molecule has 1 aliphatic carbocycles. The van der Waals surface area contributed by atoms with Gasteiger partial charge in [0.2, 0.25) is 0 Å². The van der Waals surface area contributed by atoms with Crippen LogP contribution in [0.4, 0.5) is 5.82 Å². The second-order valence-corrected chi connectivity index (χ2v) is 8.97. The van der Waals surface area contributed by atoms with E-state index in [1.807, 2.05) is 66.9 Å². The molecule has 0 spiro atoms. The van der Waals surface area contributed by atoms with Crippen molar-refractivity contribution in [3.63, 3.8) is 0 Å². The number of fused-ring (bicyclic) bond motifs is 1. The van der Waals surface area contributed by atoms with Crippen molar-refractivity contribution in [2.24, 2.45) is 0 Å². The van der Waals surface area contributed by atoms with Crippen LogP contribution in [0.1, 0.15) is 42.5 Å². The Bertz CT molecular complexity index is 1240. The molecule has 0 unspecified atom stereocenters. The summed E-state index contributed by atoms with van der Waals surface area (Å²) in [7, 11) is 0. The van der Waals surface area contributed by atoms with Gasteiger partial charge in [0.15, 0.2) is 0 Å². The lowest BCUT2D eigenvalue weighted by atomic mass is 9.95. The predicted octanol–water partition coefficient (Wildman–Crippen LogP) is 6.73. The first kappa shape index (κ1) is 20.8. The van der Waals surface area contributed by atoms with E-state index >= 15 is 0 Å². The van der Waals surface area contributed by atoms with Gasteiger partial charge in [-0.25, -0.2) is 9.78 Å². The van der Waals surface area contributed by atoms with E-state index in [1.54, 1.807) is 6.07 Å². The van der Waals surface area contributed by atoms with Gasteiger partial charge in [-0.1, -0.05) is 37.5 Å². The largest absolute Gasteiger partial charge is 0.423 e. The molecule has 0 aliphatic heterocycles. The molecule has 1 saturated carbocycles. The van der Waals surface area contributed by atoms with Crippen LogP contribution in [0.5, 0.6) is 5.75 Å². The number of hydrogen-bond acceptors (Lipinski definition) is 4. The topological polar surface area (TPSA) is 55.6 Å². The summed E-state index contributed by atoms with van der Waals surface area (Å²) in [5.74, 6) is 1.13. The van der Waals surface area contributed by atoms with Gasteiger partial charge in [-0.2, -0.15) is 0 Å². The molecule has 4 aromatic rings. The number of esters is 1. The first-order valence-corrected chi connectivity index (χ1v) is 11.8. The molecule has 2 aromatic carbocycles. The van der Waals surface area contributed by atoms with Crippen LogP contribution in [0.15, 0.2) is 77.4 Å². The summed E-state index contributed by atoms with van der Waals surface area (Å²) in [4.78, 5) is 17.4. The van der Waals surface area contributed by atoms with Gasteiger partial charge < -0.3 is 10.1 Å². The lowest BCUT2D eigenvalue weighted by Crippen LogP contribution is -2.23. The van der Waals surface area contributed by atoms with Crippen molar-refractivity contribution >= 4 is 33.4 Å². The fourth-order valence-electron chi connectivity index (χ4n) is 4.24. The molecule has 2 aromatic heterocycles. The first-order valence-electron chi connectivity index (χ1n) is 11.0. The Labute approximate surface area is 195 Å². The van der Waals surface area contributed by atoms with E-state index in [-0.39, 0.29) is 0 Å². The zero-order chi connectivity index (χ0) is 21.9. The third-order valence-electron chi connectivity index (χ3n) is 5.91. The lowest BCUT2D eigenvalue weighted by Gasteiger charge is -2.24. The maximum absolute atomic E-state index is 12.5. The lowest BCUT2D eigenvalue weighted by molar-refractivity contribution is 0.0734. The van der Waals surface area contributed by atoms with E-state index in [0.717, 1.165) is 22.7 Å². The van der Waals surface area contributed by atoms with Crippen LogP contribution >= 0.6 is 15.9 Å². The van der Waals surface area contributed by atoms with Crippen molar-refractivity contribution in [3.8, 4) is 17.0 Å². The second-order valence-electron chi connectivity index (χ2n) is 8.11. The molecule has 5 nitrogen and oxygen atoms in total. The molecule has 162 valence electrons. The van der Waals surface area contributed by atoms with E-state index < -0.39 is 5.97 Å². The molecule has 0 saturated heterocycles. The third-order valence-corrected chi connectivity index (χ3v) is 6.60. The highest BCUT2D eigenvalue weighted by Gasteiger charge is 2.20. The monoisotopic (exact) mass is 489 g/mol. The summed E-state index contributed by atoms with van der Waals surface area (Å²) >= 11 is 3.40. The smallest absolute Gasteiger partial charge is 0.344 e. The Balaban J connectivity index is 1.42. The average Bonchev–Trinajstić information content (AvgIpc) is 3.19. The molecular weight excluding hydrogens is 466 g/mol. The van der Waals surface area contributed by atoms with Crippen molar-refractivity contribution in [1.82, 2.24) is 9.38 Å². The average molecular weight is 490 g/mol. The molecule has 0 amide bonds. The van der Waals surface area contributed by atoms with Gasteiger partial charge in [0.1, 0.15) is 22.9 Å². The minimum atomic E-state index is -0.391. The van der Waals surface area contributed by atoms with Crippen molar-refractivity contribution in [2.75, 3.05) is 5.32 Å². The van der Waals surface area contributed by atoms with Crippen molar-refractivity contribution in [1.29, 1.82) is 0 Å². The number of carbonyl (C=O) groups excluding carboxylic acids is 1. The van der Waals surface area contributed by atoms with Gasteiger partial charge in [-0.3, -0.25) is 4.40 Å². The molecule has 2 heterocycles. The third kappa shape index (κ3) is 4.28. The number of nitrogens with zero attached hydrogens (tertiary/aromatic N) is 2. The van der Waals surface area contributed by atoms with Crippen LogP contribution < -0.4 is 10.1 Å². The van der Waals surface area contributed by atoms with Crippen LogP contribution in [0.3, 0.4) is 0 Å². The molecule has 1 fully saturated rings. The van der Waals surface area contributed by atoms with Crippen LogP contribution in [0.25, 0.3) is 16.9 Å². The number of hydrogen-bond donors (Lipinski definition) is 1. The van der Waals surface area contributed by atoms with E-state index in [4.69, 9.17) is 9.72 Å². The molecule has 1 N–H and O–H groups in total. The number of imidazole rings is 1. The summed E-state index contributed by atoms with van der Waals surface area (Å²) in [5.41, 5.74) is 3.29. The molecule has 0 atom stereocenters. The fourth-order valence-corrected chi connectivity index (χ4v) is 4.69. The standard InChI is InChI=1S/C26H24BrN3O2/c27-22-11-5-4-10-21(22)26(31)32-20-15-13-18(14-16-20)24-25(28-19-8-2-1-3-9-19)30-17-7-6-12-23(30)29-24/h4-7,10-17,19,28H,1-3,8-9H2. The van der Waals surface area contributed by atoms with Crippen molar-refractivity contribution in [3.05, 3.63) is 83.0 Å². The van der Waals surface area contributed by atoms with Crippen LogP contribution in [0.2, 0.25) is 0 Å². The van der Waals surface area contributed by atoms with Gasteiger partial charge in [-0.15, -0.1) is 0 Å². The zero-order valence-electron chi connectivity index (χ0n) is 17.6. The van der Waals surface area contributed by atoms with Crippen molar-refractivity contribution in [2.45, 2.75) is 38.1 Å². The number of halogens is 1. The number of benzene rings is 2. The van der Waals surface area contributed by atoms with Crippen LogP contribution in [-0.2, 0) is 0 Å². The highest BCUT2D eigenvalue weighted by molar-refractivity contribution is 9.10. The quantitative estimate of drug-likeness (QED) is 0.249. The number of rotatable bonds is 5. The van der Waals surface area contributed by atoms with E-state index in [0.29, 0.717) is 21.8 Å². The first-order chi connectivity index (χ1) is 15.7. The van der Waals surface area contributed by atoms with Crippen LogP contribution in [-0.4, -0.2) is 21.4 Å². The highest BCUT2D eigenvalue weighted by atomic mass is 79.9. The normalized spacial score (nSPS) is 14.4. The Kier molecular flexibility index (Phi) is 5.95. The van der Waals surface area contributed by atoms with Gasteiger partial charge in [0.05, 0.1) is 5.56 Å². The highest BCUT2D eigenvalue weighted by Crippen LogP contribution is 2.32. The number of nitrogens with one attached hydrogen (secondary N) is 1. The van der Waals surface area contributed by atoms with Crippen molar-refractivity contribution < 1.29 is 9.53 Å². The molecule has 6 heteroatoms. The zero-order valence-corrected chi connectivity index (χ0v) is 19.2. The van der Waals surface area contributed by atoms with Crippen LogP contribution in [0, 0.1) is 0 Å². The Morgan fingerprint density at radius 3 is 2.50 bits per heavy atom. The van der Waals surface area contributed by atoms with Gasteiger partial charge in [-0.05, 0) is 77.3 Å². The summed E-state index contributed by atoms with van der Waals surface area (Å²) in [6, 6.07) is 21.3. The van der Waals surface area contributed by atoms with E-state index in [1.165, 1.54) is 32.1 Å². The Morgan fingerprint density at radius 2 is 1.72 bits per heavy atom. The molecule has 5 rings (SSSR count). The maximum Gasteiger partial charge on any atom is 0.344 e.